The molecule has 1 aliphatic heterocycles. The van der Waals surface area contributed by atoms with Gasteiger partial charge < -0.3 is 5.11 Å². The van der Waals surface area contributed by atoms with E-state index in [2.05, 4.69) is 3.74 Å². The van der Waals surface area contributed by atoms with Crippen molar-refractivity contribution in [2.24, 2.45) is 0 Å². The summed E-state index contributed by atoms with van der Waals surface area (Å²) >= 11 is 0. The maximum Gasteiger partial charge on any atom is 0.143 e. The number of halogens is 1. The van der Waals surface area contributed by atoms with Gasteiger partial charge in [0.2, 0.25) is 0 Å². The third-order valence-corrected chi connectivity index (χ3v) is 5.10. The number of aliphatic hydroxyl groups excluding tert-OH is 1. The molecular formula is C10H13ClO5S. The van der Waals surface area contributed by atoms with Crippen LogP contribution in [-0.4, -0.2) is 9.97 Å². The third-order valence-electron chi connectivity index (χ3n) is 2.24. The summed E-state index contributed by atoms with van der Waals surface area (Å²) in [6.45, 7) is 5.08. The highest BCUT2D eigenvalue weighted by atomic mass is 35.7. The van der Waals surface area contributed by atoms with Crippen molar-refractivity contribution in [3.8, 4) is 0 Å². The van der Waals surface area contributed by atoms with Crippen LogP contribution in [0.4, 0.5) is 0 Å². The molecule has 1 N–H and O–H groups in total. The molecule has 96 valence electrons. The summed E-state index contributed by atoms with van der Waals surface area (Å²) in [7, 11) is -5.80. The Balaban J connectivity index is 3.30. The van der Waals surface area contributed by atoms with Crippen molar-refractivity contribution in [3.05, 3.63) is 34.5 Å². The smallest absolute Gasteiger partial charge is 0.143 e. The van der Waals surface area contributed by atoms with Gasteiger partial charge in [0.25, 0.3) is 0 Å². The summed E-state index contributed by atoms with van der Waals surface area (Å²) in [6.07, 6.45) is 4.26. The predicted octanol–water partition coefficient (Wildman–Crippen LogP) is -0.418. The number of hydrogen-bond acceptors (Lipinski definition) is 5. The second-order valence-electron chi connectivity index (χ2n) is 3.46. The Hall–Kier alpha value is -0.630. The molecule has 0 aromatic heterocycles. The molecule has 0 spiro atoms. The van der Waals surface area contributed by atoms with Crippen molar-refractivity contribution in [1.29, 1.82) is 0 Å². The Labute approximate surface area is 104 Å². The van der Waals surface area contributed by atoms with Gasteiger partial charge in [-0.15, -0.1) is 0 Å². The molecular weight excluding hydrogens is 268 g/mol. The first-order chi connectivity index (χ1) is 7.76. The van der Waals surface area contributed by atoms with Gasteiger partial charge in [0.1, 0.15) is 14.5 Å². The maximum absolute atomic E-state index is 10.7. The van der Waals surface area contributed by atoms with Gasteiger partial charge in [0, 0.05) is 9.77 Å². The van der Waals surface area contributed by atoms with Crippen molar-refractivity contribution >= 4 is 15.6 Å². The Morgan fingerprint density at radius 3 is 2.41 bits per heavy atom. The van der Waals surface area contributed by atoms with Crippen molar-refractivity contribution in [2.75, 3.05) is 0 Å². The summed E-state index contributed by atoms with van der Waals surface area (Å²) in [6, 6.07) is 0. The molecule has 5 nitrogen and oxygen atoms in total. The lowest BCUT2D eigenvalue weighted by Crippen LogP contribution is -2.60. The summed E-state index contributed by atoms with van der Waals surface area (Å²) in [5.74, 6) is 0. The Morgan fingerprint density at radius 2 is 1.94 bits per heavy atom. The molecule has 0 fully saturated rings. The first kappa shape index (κ1) is 14.4. The van der Waals surface area contributed by atoms with E-state index in [1.54, 1.807) is 32.9 Å². The van der Waals surface area contributed by atoms with Crippen LogP contribution in [0, 0.1) is 10.2 Å². The lowest BCUT2D eigenvalue weighted by molar-refractivity contribution is -1.91. The fraction of sp³-hybridized carbons (Fsp3) is 0.300. The Morgan fingerprint density at radius 1 is 1.35 bits per heavy atom. The molecule has 0 saturated heterocycles. The van der Waals surface area contributed by atoms with E-state index in [1.807, 2.05) is 0 Å². The van der Waals surface area contributed by atoms with Crippen LogP contribution in [0.2, 0.25) is 0 Å². The van der Waals surface area contributed by atoms with Crippen LogP contribution in [0.15, 0.2) is 34.5 Å². The zero-order valence-electron chi connectivity index (χ0n) is 9.60. The quantitative estimate of drug-likeness (QED) is 0.430. The third kappa shape index (κ3) is 3.67. The van der Waals surface area contributed by atoms with Gasteiger partial charge in [-0.3, -0.25) is 0 Å². The monoisotopic (exact) mass is 280 g/mol. The van der Waals surface area contributed by atoms with Crippen LogP contribution in [0.3, 0.4) is 0 Å². The van der Waals surface area contributed by atoms with E-state index in [9.17, 15) is 14.0 Å². The zero-order chi connectivity index (χ0) is 13.2. The van der Waals surface area contributed by atoms with Gasteiger partial charge in [0.05, 0.1) is 16.5 Å². The molecule has 1 aliphatic rings. The second-order valence-corrected chi connectivity index (χ2v) is 6.31. The van der Waals surface area contributed by atoms with Gasteiger partial charge in [-0.05, 0) is 38.0 Å². The molecule has 1 atom stereocenters. The topological polar surface area (TPSA) is 98.6 Å². The molecule has 17 heavy (non-hydrogen) atoms. The molecule has 0 bridgehead atoms. The minimum absolute atomic E-state index is 0.454. The highest BCUT2D eigenvalue weighted by molar-refractivity contribution is 8.15. The lowest BCUT2D eigenvalue weighted by atomic mass is 10.2. The Kier molecular flexibility index (Phi) is 4.54. The zero-order valence-corrected chi connectivity index (χ0v) is 11.2. The van der Waals surface area contributed by atoms with Crippen LogP contribution in [0.1, 0.15) is 20.8 Å². The van der Waals surface area contributed by atoms with Crippen LogP contribution in [0.25, 0.3) is 0 Å². The maximum atomic E-state index is 10.7. The molecule has 0 saturated carbocycles. The fourth-order valence-corrected chi connectivity index (χ4v) is 3.68. The van der Waals surface area contributed by atoms with Gasteiger partial charge in [0.15, 0.2) is 0 Å². The summed E-state index contributed by atoms with van der Waals surface area (Å²) in [5.41, 5.74) is 1.29. The highest BCUT2D eigenvalue weighted by Gasteiger charge is 2.28. The largest absolute Gasteiger partial charge is 0.515 e. The molecule has 7 heteroatoms. The van der Waals surface area contributed by atoms with Crippen LogP contribution in [-0.2, 0) is 3.74 Å². The van der Waals surface area contributed by atoms with E-state index in [0.29, 0.717) is 15.3 Å². The van der Waals surface area contributed by atoms with Gasteiger partial charge in [-0.25, -0.2) is 0 Å². The molecule has 0 aliphatic carbocycles. The van der Waals surface area contributed by atoms with E-state index in [0.717, 1.165) is 11.8 Å². The van der Waals surface area contributed by atoms with Crippen LogP contribution >= 0.6 is 10.8 Å². The van der Waals surface area contributed by atoms with Gasteiger partial charge in [-0.2, -0.15) is 14.0 Å². The van der Waals surface area contributed by atoms with E-state index in [4.69, 9.17) is 5.11 Å². The molecule has 1 heterocycles. The predicted molar refractivity (Wildman–Crippen MR) is 57.6 cm³/mol. The first-order valence-corrected chi connectivity index (χ1v) is 7.03. The second kappa shape index (κ2) is 5.34. The molecule has 0 aromatic carbocycles. The van der Waals surface area contributed by atoms with Crippen molar-refractivity contribution in [2.45, 2.75) is 20.8 Å². The minimum atomic E-state index is -4.51. The SMILES string of the molecule is CC1=C(C)S(O[Cl+3]([O-])([O-])[O-])=C(/C(C)=C/O)C=C1. The average molecular weight is 281 g/mol. The van der Waals surface area contributed by atoms with Crippen molar-refractivity contribution in [1.82, 2.24) is 0 Å². The lowest BCUT2D eigenvalue weighted by Gasteiger charge is -2.19. The summed E-state index contributed by atoms with van der Waals surface area (Å²) < 4.78 is 36.5. The van der Waals surface area contributed by atoms with E-state index in [1.165, 1.54) is 0 Å². The van der Waals surface area contributed by atoms with Crippen molar-refractivity contribution in [3.63, 3.8) is 0 Å². The number of hydrogen-bond donors (Lipinski definition) is 1. The van der Waals surface area contributed by atoms with Crippen LogP contribution in [0.5, 0.6) is 0 Å². The molecule has 0 radical (unpaired) electrons. The molecule has 1 unspecified atom stereocenters. The van der Waals surface area contributed by atoms with E-state index < -0.39 is 21.0 Å². The fourth-order valence-electron chi connectivity index (χ4n) is 1.19. The molecule has 0 aromatic rings. The number of allylic oxidation sites excluding steroid dienone is 5. The molecule has 1 rings (SSSR count). The van der Waals surface area contributed by atoms with E-state index in [-0.39, 0.29) is 0 Å². The molecule has 0 amide bonds. The standard InChI is InChI=1S/C10H13ClO5S/c1-7-4-5-10(8(2)6-12)17(9(7)3)16-11(13,14)15/h4-6,12H,1-3H3/b8-6+. The Bertz CT molecular complexity index is 442. The van der Waals surface area contributed by atoms with Crippen molar-refractivity contribution < 1.29 is 33.1 Å². The highest BCUT2D eigenvalue weighted by Crippen LogP contribution is 2.37. The summed E-state index contributed by atoms with van der Waals surface area (Å²) in [5, 5.41) is 8.94. The van der Waals surface area contributed by atoms with Crippen LogP contribution < -0.4 is 14.0 Å². The summed E-state index contributed by atoms with van der Waals surface area (Å²) in [4.78, 5) is 1.12. The minimum Gasteiger partial charge on any atom is -0.515 e. The first-order valence-electron chi connectivity index (χ1n) is 4.65. The number of rotatable bonds is 3. The van der Waals surface area contributed by atoms with E-state index >= 15 is 0 Å². The average Bonchev–Trinajstić information content (AvgIpc) is 2.22. The van der Waals surface area contributed by atoms with Gasteiger partial charge in [-0.1, -0.05) is 6.08 Å². The van der Waals surface area contributed by atoms with Gasteiger partial charge >= 0.3 is 0 Å². The normalized spacial score (nSPS) is 22.4. The number of aliphatic hydroxyl groups is 1.